The number of esters is 1. The van der Waals surface area contributed by atoms with Gasteiger partial charge in [-0.3, -0.25) is 4.98 Å². The number of hydrogen-bond donors (Lipinski definition) is 1. The van der Waals surface area contributed by atoms with Crippen molar-refractivity contribution in [2.75, 3.05) is 19.1 Å². The van der Waals surface area contributed by atoms with Crippen molar-refractivity contribution in [3.63, 3.8) is 0 Å². The first-order valence-electron chi connectivity index (χ1n) is 12.0. The van der Waals surface area contributed by atoms with Gasteiger partial charge in [0.1, 0.15) is 5.75 Å². The predicted octanol–water partition coefficient (Wildman–Crippen LogP) is 5.46. The van der Waals surface area contributed by atoms with Gasteiger partial charge in [-0.15, -0.1) is 0 Å². The Hall–Kier alpha value is -4.17. The van der Waals surface area contributed by atoms with Gasteiger partial charge in [0.2, 0.25) is 0 Å². The number of ether oxygens (including phenoxy) is 2. The first-order chi connectivity index (χ1) is 17.9. The number of nitrogens with one attached hydrogen (secondary N) is 1. The van der Waals surface area contributed by atoms with E-state index in [9.17, 15) is 4.79 Å². The fourth-order valence-corrected chi connectivity index (χ4v) is 5.45. The number of rotatable bonds is 6. The normalized spacial score (nSPS) is 17.0. The molecule has 0 radical (unpaired) electrons. The highest BCUT2D eigenvalue weighted by molar-refractivity contribution is 7.80. The molecule has 2 aromatic carbocycles. The number of carbonyl (C=O) groups excluding carboxylic acids is 1. The zero-order valence-corrected chi connectivity index (χ0v) is 22.0. The summed E-state index contributed by atoms with van der Waals surface area (Å²) in [5, 5.41) is 4.13. The number of aromatic nitrogens is 2. The van der Waals surface area contributed by atoms with Gasteiger partial charge in [0.05, 0.1) is 43.2 Å². The van der Waals surface area contributed by atoms with Crippen LogP contribution in [-0.4, -0.2) is 34.9 Å². The third-order valence-corrected chi connectivity index (χ3v) is 7.09. The lowest BCUT2D eigenvalue weighted by Crippen LogP contribution is -2.30. The Bertz CT molecular complexity index is 1450. The minimum atomic E-state index is -0.357. The largest absolute Gasteiger partial charge is 0.495 e. The average Bonchev–Trinajstić information content (AvgIpc) is 3.43. The van der Waals surface area contributed by atoms with Crippen molar-refractivity contribution in [3.05, 3.63) is 107 Å². The number of thiocarbonyl (C=S) groups is 1. The Balaban J connectivity index is 1.65. The van der Waals surface area contributed by atoms with Crippen LogP contribution in [0.2, 0.25) is 0 Å². The molecule has 0 aliphatic carbocycles. The number of hydrogen-bond acceptors (Lipinski definition) is 5. The Morgan fingerprint density at radius 3 is 2.41 bits per heavy atom. The number of para-hydroxylation sites is 2. The van der Waals surface area contributed by atoms with Gasteiger partial charge in [0.25, 0.3) is 0 Å². The van der Waals surface area contributed by atoms with E-state index in [0.29, 0.717) is 10.7 Å². The van der Waals surface area contributed by atoms with Crippen molar-refractivity contribution in [1.82, 2.24) is 14.9 Å². The molecule has 1 fully saturated rings. The van der Waals surface area contributed by atoms with E-state index >= 15 is 0 Å². The number of benzene rings is 2. The van der Waals surface area contributed by atoms with Crippen LogP contribution < -0.4 is 15.0 Å². The molecule has 37 heavy (non-hydrogen) atoms. The summed E-state index contributed by atoms with van der Waals surface area (Å²) in [6.45, 7) is 4.18. The standard InChI is InChI=1S/C29H28N4O3S/c1-18-17-22(19(2)32(18)21-14-12-20(13-15-21)28(34)36-4)27-26(23-9-7-8-16-30-23)31-29(37)33(27)24-10-5-6-11-25(24)35-3/h5-17,26-27H,1-4H3,(H,31,37). The Morgan fingerprint density at radius 2 is 1.73 bits per heavy atom. The number of pyridine rings is 1. The molecule has 0 bridgehead atoms. The van der Waals surface area contributed by atoms with E-state index < -0.39 is 0 Å². The highest BCUT2D eigenvalue weighted by atomic mass is 32.1. The SMILES string of the molecule is COC(=O)c1ccc(-n2c(C)cc(C3C(c4ccccn4)NC(=S)N3c3ccccc3OC)c2C)cc1. The van der Waals surface area contributed by atoms with Gasteiger partial charge in [-0.2, -0.15) is 0 Å². The summed E-state index contributed by atoms with van der Waals surface area (Å²) in [6.07, 6.45) is 1.80. The maximum absolute atomic E-state index is 11.9. The van der Waals surface area contributed by atoms with E-state index in [1.807, 2.05) is 54.6 Å². The molecule has 7 nitrogen and oxygen atoms in total. The Labute approximate surface area is 221 Å². The molecule has 1 saturated heterocycles. The van der Waals surface area contributed by atoms with E-state index in [1.54, 1.807) is 25.4 Å². The van der Waals surface area contributed by atoms with Crippen LogP contribution in [0.3, 0.4) is 0 Å². The van der Waals surface area contributed by atoms with Crippen LogP contribution >= 0.6 is 12.2 Å². The maximum atomic E-state index is 11.9. The number of methoxy groups -OCH3 is 2. The molecular formula is C29H28N4O3S. The Kier molecular flexibility index (Phi) is 6.67. The lowest BCUT2D eigenvalue weighted by molar-refractivity contribution is 0.0600. The molecule has 1 N–H and O–H groups in total. The van der Waals surface area contributed by atoms with E-state index in [2.05, 4.69) is 39.7 Å². The van der Waals surface area contributed by atoms with Crippen molar-refractivity contribution in [2.45, 2.75) is 25.9 Å². The van der Waals surface area contributed by atoms with E-state index in [-0.39, 0.29) is 18.1 Å². The molecule has 1 aliphatic rings. The monoisotopic (exact) mass is 512 g/mol. The summed E-state index contributed by atoms with van der Waals surface area (Å²) in [4.78, 5) is 18.7. The van der Waals surface area contributed by atoms with Gasteiger partial charge in [0.15, 0.2) is 5.11 Å². The van der Waals surface area contributed by atoms with E-state index in [4.69, 9.17) is 21.7 Å². The van der Waals surface area contributed by atoms with Gasteiger partial charge in [0, 0.05) is 23.3 Å². The smallest absolute Gasteiger partial charge is 0.337 e. The lowest BCUT2D eigenvalue weighted by atomic mass is 9.96. The number of aryl methyl sites for hydroxylation is 1. The number of nitrogens with zero attached hydrogens (tertiary/aromatic N) is 3. The molecule has 0 amide bonds. The number of anilines is 1. The molecule has 1 aliphatic heterocycles. The summed E-state index contributed by atoms with van der Waals surface area (Å²) in [6, 6.07) is 23.1. The van der Waals surface area contributed by atoms with E-state index in [1.165, 1.54) is 7.11 Å². The highest BCUT2D eigenvalue weighted by Crippen LogP contribution is 2.46. The van der Waals surface area contributed by atoms with E-state index in [0.717, 1.165) is 39.8 Å². The quantitative estimate of drug-likeness (QED) is 0.272. The average molecular weight is 513 g/mol. The van der Waals surface area contributed by atoms with Crippen LogP contribution in [0.5, 0.6) is 5.75 Å². The van der Waals surface area contributed by atoms with Gasteiger partial charge >= 0.3 is 5.97 Å². The highest BCUT2D eigenvalue weighted by Gasteiger charge is 2.43. The molecule has 8 heteroatoms. The second-order valence-corrected chi connectivity index (χ2v) is 9.26. The second-order valence-electron chi connectivity index (χ2n) is 8.87. The summed E-state index contributed by atoms with van der Waals surface area (Å²) < 4.78 is 12.8. The van der Waals surface area contributed by atoms with Crippen LogP contribution in [0.4, 0.5) is 5.69 Å². The molecule has 2 aromatic heterocycles. The van der Waals surface area contributed by atoms with Crippen molar-refractivity contribution in [1.29, 1.82) is 0 Å². The third kappa shape index (κ3) is 4.34. The molecule has 5 rings (SSSR count). The maximum Gasteiger partial charge on any atom is 0.337 e. The fraction of sp³-hybridized carbons (Fsp3) is 0.207. The minimum absolute atomic E-state index is 0.172. The minimum Gasteiger partial charge on any atom is -0.495 e. The molecule has 2 unspecified atom stereocenters. The fourth-order valence-electron chi connectivity index (χ4n) is 5.11. The zero-order chi connectivity index (χ0) is 26.1. The predicted molar refractivity (Wildman–Crippen MR) is 148 cm³/mol. The van der Waals surface area contributed by atoms with Crippen molar-refractivity contribution in [2.24, 2.45) is 0 Å². The summed E-state index contributed by atoms with van der Waals surface area (Å²) >= 11 is 5.89. The van der Waals surface area contributed by atoms with Gasteiger partial charge in [-0.1, -0.05) is 18.2 Å². The zero-order valence-electron chi connectivity index (χ0n) is 21.1. The summed E-state index contributed by atoms with van der Waals surface area (Å²) in [5.41, 5.74) is 6.51. The second kappa shape index (κ2) is 10.1. The lowest BCUT2D eigenvalue weighted by Gasteiger charge is -2.29. The van der Waals surface area contributed by atoms with Crippen molar-refractivity contribution >= 4 is 29.0 Å². The van der Waals surface area contributed by atoms with Crippen LogP contribution in [-0.2, 0) is 4.74 Å². The van der Waals surface area contributed by atoms with Crippen LogP contribution in [0.15, 0.2) is 79.0 Å². The molecule has 2 atom stereocenters. The third-order valence-electron chi connectivity index (χ3n) is 6.78. The van der Waals surface area contributed by atoms with Gasteiger partial charge in [-0.05, 0) is 86.2 Å². The first kappa shape index (κ1) is 24.5. The van der Waals surface area contributed by atoms with Crippen molar-refractivity contribution in [3.8, 4) is 11.4 Å². The van der Waals surface area contributed by atoms with Crippen LogP contribution in [0, 0.1) is 13.8 Å². The van der Waals surface area contributed by atoms with Gasteiger partial charge < -0.3 is 24.3 Å². The molecule has 0 spiro atoms. The molecule has 0 saturated carbocycles. The topological polar surface area (TPSA) is 68.6 Å². The molecule has 4 aromatic rings. The first-order valence-corrected chi connectivity index (χ1v) is 12.4. The summed E-state index contributed by atoms with van der Waals surface area (Å²) in [7, 11) is 3.05. The van der Waals surface area contributed by atoms with Crippen LogP contribution in [0.1, 0.15) is 45.1 Å². The molecule has 188 valence electrons. The molecule has 3 heterocycles. The summed E-state index contributed by atoms with van der Waals surface area (Å²) in [5.74, 6) is 0.384. The molecular weight excluding hydrogens is 484 g/mol. The number of carbonyl (C=O) groups is 1. The van der Waals surface area contributed by atoms with Crippen molar-refractivity contribution < 1.29 is 14.3 Å². The Morgan fingerprint density at radius 1 is 1.00 bits per heavy atom. The van der Waals surface area contributed by atoms with Gasteiger partial charge in [-0.25, -0.2) is 4.79 Å². The van der Waals surface area contributed by atoms with Crippen LogP contribution in [0.25, 0.3) is 5.69 Å².